The summed E-state index contributed by atoms with van der Waals surface area (Å²) < 4.78 is 92.0. The molecule has 2 aromatic heterocycles. The molecule has 3 aromatic rings. The molecule has 0 amide bonds. The maximum atomic E-state index is 13.7. The average Bonchev–Trinajstić information content (AvgIpc) is 3.04. The Morgan fingerprint density at radius 1 is 0.852 bits per heavy atom. The maximum absolute atomic E-state index is 13.7. The topological polar surface area (TPSA) is 43.6 Å². The lowest BCUT2D eigenvalue weighted by Gasteiger charge is -2.11. The number of rotatable bonds is 3. The van der Waals surface area contributed by atoms with Gasteiger partial charge in [0.2, 0.25) is 0 Å². The fourth-order valence-electron chi connectivity index (χ4n) is 2.22. The standard InChI is InChI=1S/C16H9F7N4/c17-10-4-2-1-3-9(10)8-27-6-5-11(26-27)14-24-12(15(18,19)20)7-13(25-14)16(21,22)23/h1-7H,8H2. The Balaban J connectivity index is 1.99. The number of halogens is 7. The van der Waals surface area contributed by atoms with E-state index in [0.717, 1.165) is 10.7 Å². The molecular formula is C16H9F7N4. The summed E-state index contributed by atoms with van der Waals surface area (Å²) in [4.78, 5) is 6.28. The Bertz CT molecular complexity index is 928. The molecule has 0 N–H and O–H groups in total. The van der Waals surface area contributed by atoms with E-state index in [-0.39, 0.29) is 23.9 Å². The summed E-state index contributed by atoms with van der Waals surface area (Å²) in [5, 5.41) is 3.85. The Morgan fingerprint density at radius 2 is 1.44 bits per heavy atom. The van der Waals surface area contributed by atoms with Gasteiger partial charge in [0.25, 0.3) is 0 Å². The molecule has 11 heteroatoms. The minimum atomic E-state index is -5.09. The molecule has 0 aliphatic rings. The van der Waals surface area contributed by atoms with Crippen molar-refractivity contribution in [1.82, 2.24) is 19.7 Å². The summed E-state index contributed by atoms with van der Waals surface area (Å²) in [6.45, 7) is -0.0717. The highest BCUT2D eigenvalue weighted by Crippen LogP contribution is 2.34. The van der Waals surface area contributed by atoms with Crippen molar-refractivity contribution in [3.05, 3.63) is 65.4 Å². The van der Waals surface area contributed by atoms with Gasteiger partial charge in [0, 0.05) is 11.8 Å². The summed E-state index contributed by atoms with van der Waals surface area (Å²) in [7, 11) is 0. The highest BCUT2D eigenvalue weighted by molar-refractivity contribution is 5.49. The summed E-state index contributed by atoms with van der Waals surface area (Å²) >= 11 is 0. The fraction of sp³-hybridized carbons (Fsp3) is 0.188. The molecule has 0 fully saturated rings. The van der Waals surface area contributed by atoms with Crippen LogP contribution >= 0.6 is 0 Å². The predicted molar refractivity (Wildman–Crippen MR) is 78.8 cm³/mol. The van der Waals surface area contributed by atoms with Crippen LogP contribution in [-0.2, 0) is 18.9 Å². The minimum Gasteiger partial charge on any atom is -0.267 e. The Morgan fingerprint density at radius 3 is 2.00 bits per heavy atom. The van der Waals surface area contributed by atoms with E-state index in [1.54, 1.807) is 6.07 Å². The number of nitrogens with zero attached hydrogens (tertiary/aromatic N) is 4. The van der Waals surface area contributed by atoms with Crippen LogP contribution in [-0.4, -0.2) is 19.7 Å². The predicted octanol–water partition coefficient (Wildman–Crippen LogP) is 4.57. The third-order valence-electron chi connectivity index (χ3n) is 3.47. The van der Waals surface area contributed by atoms with E-state index in [4.69, 9.17) is 0 Å². The van der Waals surface area contributed by atoms with Gasteiger partial charge in [-0.2, -0.15) is 31.4 Å². The molecule has 0 radical (unpaired) electrons. The average molecular weight is 390 g/mol. The normalized spacial score (nSPS) is 12.4. The largest absolute Gasteiger partial charge is 0.433 e. The number of hydrogen-bond donors (Lipinski definition) is 0. The molecule has 0 aliphatic carbocycles. The number of alkyl halides is 6. The van der Waals surface area contributed by atoms with Gasteiger partial charge >= 0.3 is 12.4 Å². The first-order valence-corrected chi connectivity index (χ1v) is 7.35. The van der Waals surface area contributed by atoms with Gasteiger partial charge in [-0.25, -0.2) is 14.4 Å². The fourth-order valence-corrected chi connectivity index (χ4v) is 2.22. The van der Waals surface area contributed by atoms with Crippen molar-refractivity contribution < 1.29 is 30.7 Å². The zero-order chi connectivity index (χ0) is 19.8. The van der Waals surface area contributed by atoms with Gasteiger partial charge in [-0.15, -0.1) is 0 Å². The minimum absolute atomic E-state index is 0.0717. The summed E-state index contributed by atoms with van der Waals surface area (Å²) in [6.07, 6.45) is -8.90. The van der Waals surface area contributed by atoms with E-state index < -0.39 is 35.4 Å². The third-order valence-corrected chi connectivity index (χ3v) is 3.47. The molecule has 2 heterocycles. The number of aromatic nitrogens is 4. The second-order valence-electron chi connectivity index (χ2n) is 5.45. The molecule has 0 unspecified atom stereocenters. The number of benzene rings is 1. The maximum Gasteiger partial charge on any atom is 0.433 e. The van der Waals surface area contributed by atoms with Crippen LogP contribution < -0.4 is 0 Å². The van der Waals surface area contributed by atoms with E-state index in [2.05, 4.69) is 15.1 Å². The lowest BCUT2D eigenvalue weighted by molar-refractivity contribution is -0.147. The van der Waals surface area contributed by atoms with Crippen LogP contribution in [0.25, 0.3) is 11.5 Å². The molecule has 3 rings (SSSR count). The first-order valence-electron chi connectivity index (χ1n) is 7.35. The summed E-state index contributed by atoms with van der Waals surface area (Å²) in [6, 6.07) is 6.72. The Hall–Kier alpha value is -2.98. The summed E-state index contributed by atoms with van der Waals surface area (Å²) in [5.74, 6) is -1.35. The first kappa shape index (κ1) is 18.8. The van der Waals surface area contributed by atoms with E-state index >= 15 is 0 Å². The molecular weight excluding hydrogens is 381 g/mol. The van der Waals surface area contributed by atoms with Gasteiger partial charge in [-0.1, -0.05) is 18.2 Å². The zero-order valence-corrected chi connectivity index (χ0v) is 13.2. The molecule has 0 saturated carbocycles. The second-order valence-corrected chi connectivity index (χ2v) is 5.45. The van der Waals surface area contributed by atoms with Gasteiger partial charge in [0.1, 0.15) is 22.9 Å². The second kappa shape index (κ2) is 6.63. The first-order chi connectivity index (χ1) is 12.5. The van der Waals surface area contributed by atoms with Crippen LogP contribution in [0.4, 0.5) is 30.7 Å². The molecule has 27 heavy (non-hydrogen) atoms. The molecule has 0 saturated heterocycles. The summed E-state index contributed by atoms with van der Waals surface area (Å²) in [5.41, 5.74) is -3.53. The quantitative estimate of drug-likeness (QED) is 0.616. The lowest BCUT2D eigenvalue weighted by atomic mass is 10.2. The van der Waals surface area contributed by atoms with Crippen molar-refractivity contribution >= 4 is 0 Å². The van der Waals surface area contributed by atoms with E-state index in [9.17, 15) is 30.7 Å². The highest BCUT2D eigenvalue weighted by Gasteiger charge is 2.39. The van der Waals surface area contributed by atoms with Crippen molar-refractivity contribution in [2.24, 2.45) is 0 Å². The van der Waals surface area contributed by atoms with Crippen LogP contribution in [0.3, 0.4) is 0 Å². The molecule has 0 aliphatic heterocycles. The molecule has 4 nitrogen and oxygen atoms in total. The molecule has 0 atom stereocenters. The molecule has 142 valence electrons. The van der Waals surface area contributed by atoms with Gasteiger partial charge in [-0.05, 0) is 18.2 Å². The smallest absolute Gasteiger partial charge is 0.267 e. The van der Waals surface area contributed by atoms with Gasteiger partial charge in [0.05, 0.1) is 6.54 Å². The van der Waals surface area contributed by atoms with Crippen LogP contribution in [0.1, 0.15) is 17.0 Å². The monoisotopic (exact) mass is 390 g/mol. The molecule has 0 spiro atoms. The number of hydrogen-bond acceptors (Lipinski definition) is 3. The van der Waals surface area contributed by atoms with Crippen LogP contribution in [0.15, 0.2) is 42.6 Å². The van der Waals surface area contributed by atoms with Crippen molar-refractivity contribution in [3.63, 3.8) is 0 Å². The zero-order valence-electron chi connectivity index (χ0n) is 13.2. The molecule has 1 aromatic carbocycles. The highest BCUT2D eigenvalue weighted by atomic mass is 19.4. The van der Waals surface area contributed by atoms with E-state index in [1.807, 2.05) is 0 Å². The SMILES string of the molecule is Fc1ccccc1Cn1ccc(-c2nc(C(F)(F)F)cc(C(F)(F)F)n2)n1. The van der Waals surface area contributed by atoms with Crippen LogP contribution in [0, 0.1) is 5.82 Å². The van der Waals surface area contributed by atoms with Crippen LogP contribution in [0.5, 0.6) is 0 Å². The van der Waals surface area contributed by atoms with Crippen molar-refractivity contribution in [1.29, 1.82) is 0 Å². The van der Waals surface area contributed by atoms with Gasteiger partial charge in [-0.3, -0.25) is 4.68 Å². The van der Waals surface area contributed by atoms with E-state index in [1.165, 1.54) is 24.4 Å². The van der Waals surface area contributed by atoms with Gasteiger partial charge < -0.3 is 0 Å². The van der Waals surface area contributed by atoms with Crippen molar-refractivity contribution in [2.45, 2.75) is 18.9 Å². The van der Waals surface area contributed by atoms with E-state index in [0.29, 0.717) is 0 Å². The Kier molecular flexibility index (Phi) is 4.62. The lowest BCUT2D eigenvalue weighted by Crippen LogP contribution is -2.16. The van der Waals surface area contributed by atoms with Gasteiger partial charge in [0.15, 0.2) is 5.82 Å². The third kappa shape index (κ3) is 4.23. The van der Waals surface area contributed by atoms with Crippen molar-refractivity contribution in [2.75, 3.05) is 0 Å². The van der Waals surface area contributed by atoms with Crippen molar-refractivity contribution in [3.8, 4) is 11.5 Å². The van der Waals surface area contributed by atoms with Crippen LogP contribution in [0.2, 0.25) is 0 Å². The molecule has 0 bridgehead atoms. The Labute approximate surface area is 147 Å².